The number of nitrogens with one attached hydrogen (secondary N) is 1. The predicted octanol–water partition coefficient (Wildman–Crippen LogP) is 4.25. The molecule has 1 rings (SSSR count). The van der Waals surface area contributed by atoms with Gasteiger partial charge in [-0.1, -0.05) is 0 Å². The lowest BCUT2D eigenvalue weighted by Crippen LogP contribution is -2.08. The molecule has 0 aliphatic heterocycles. The lowest BCUT2D eigenvalue weighted by Gasteiger charge is -2.15. The monoisotopic (exact) mass is 339 g/mol. The molecule has 17 heavy (non-hydrogen) atoms. The molecule has 0 aliphatic carbocycles. The zero-order chi connectivity index (χ0) is 12.7. The van der Waals surface area contributed by atoms with E-state index in [-0.39, 0.29) is 0 Å². The fourth-order valence-corrected chi connectivity index (χ4v) is 3.57. The highest BCUT2D eigenvalue weighted by atomic mass is 79.9. The molecular weight excluding hydrogens is 325 g/mol. The molecule has 0 atom stereocenters. The maximum absolute atomic E-state index is 12.0. The Bertz CT molecular complexity index is 411. The molecule has 0 amide bonds. The van der Waals surface area contributed by atoms with Gasteiger partial charge in [0.1, 0.15) is 0 Å². The van der Waals surface area contributed by atoms with Crippen molar-refractivity contribution in [2.45, 2.75) is 13.8 Å². The summed E-state index contributed by atoms with van der Waals surface area (Å²) in [7, 11) is -3.19. The van der Waals surface area contributed by atoms with Crippen molar-refractivity contribution in [3.63, 3.8) is 0 Å². The van der Waals surface area contributed by atoms with Crippen molar-refractivity contribution in [1.29, 1.82) is 0 Å². The first kappa shape index (κ1) is 14.9. The summed E-state index contributed by atoms with van der Waals surface area (Å²) in [6.45, 7) is 4.21. The van der Waals surface area contributed by atoms with E-state index >= 15 is 0 Å². The maximum Gasteiger partial charge on any atom is 0.432 e. The Kier molecular flexibility index (Phi) is 6.44. The third-order valence-electron chi connectivity index (χ3n) is 1.67. The molecule has 1 heterocycles. The van der Waals surface area contributed by atoms with Crippen LogP contribution in [0.5, 0.6) is 0 Å². The van der Waals surface area contributed by atoms with Crippen molar-refractivity contribution in [1.82, 2.24) is 5.09 Å². The van der Waals surface area contributed by atoms with Crippen LogP contribution in [0.3, 0.4) is 0 Å². The van der Waals surface area contributed by atoms with E-state index < -0.39 is 7.75 Å². The van der Waals surface area contributed by atoms with Crippen molar-refractivity contribution < 1.29 is 13.6 Å². The van der Waals surface area contributed by atoms with Crippen LogP contribution in [-0.2, 0) is 13.6 Å². The van der Waals surface area contributed by atoms with Gasteiger partial charge in [-0.3, -0.25) is 14.1 Å². The summed E-state index contributed by atoms with van der Waals surface area (Å²) in [5.74, 6) is 0. The lowest BCUT2D eigenvalue weighted by molar-refractivity contribution is 0.215. The summed E-state index contributed by atoms with van der Waals surface area (Å²) >= 11 is 4.96. The highest BCUT2D eigenvalue weighted by Gasteiger charge is 2.20. The van der Waals surface area contributed by atoms with E-state index in [9.17, 15) is 4.57 Å². The molecule has 1 N–H and O–H groups in total. The van der Waals surface area contributed by atoms with Gasteiger partial charge in [0.05, 0.1) is 17.0 Å². The Balaban J connectivity index is 2.57. The number of hydrogen-bond donors (Lipinski definition) is 1. The van der Waals surface area contributed by atoms with Gasteiger partial charge in [0.2, 0.25) is 0 Å². The van der Waals surface area contributed by atoms with Gasteiger partial charge in [0.15, 0.2) is 0 Å². The third kappa shape index (κ3) is 5.36. The molecule has 0 saturated carbocycles. The molecule has 0 unspecified atom stereocenters. The van der Waals surface area contributed by atoms with E-state index in [1.807, 2.05) is 18.2 Å². The highest BCUT2D eigenvalue weighted by molar-refractivity contribution is 9.11. The topological polar surface area (TPSA) is 47.6 Å². The van der Waals surface area contributed by atoms with Crippen LogP contribution in [0.25, 0.3) is 6.08 Å². The second-order valence-electron chi connectivity index (χ2n) is 2.94. The van der Waals surface area contributed by atoms with Gasteiger partial charge in [0, 0.05) is 11.1 Å². The van der Waals surface area contributed by atoms with Crippen molar-refractivity contribution in [3.05, 3.63) is 27.0 Å². The summed E-state index contributed by atoms with van der Waals surface area (Å²) in [6, 6.07) is 3.91. The average molecular weight is 340 g/mol. The van der Waals surface area contributed by atoms with E-state index in [4.69, 9.17) is 9.05 Å². The molecule has 0 saturated heterocycles. The highest BCUT2D eigenvalue weighted by Crippen LogP contribution is 2.43. The van der Waals surface area contributed by atoms with E-state index in [0.29, 0.717) is 13.2 Å². The van der Waals surface area contributed by atoms with E-state index in [1.54, 1.807) is 31.4 Å². The molecule has 0 spiro atoms. The number of halogens is 1. The molecule has 1 aromatic rings. The van der Waals surface area contributed by atoms with Crippen molar-refractivity contribution in [2.24, 2.45) is 0 Å². The minimum absolute atomic E-state index is 0.336. The van der Waals surface area contributed by atoms with E-state index in [0.717, 1.165) is 8.66 Å². The number of rotatable bonds is 7. The summed E-state index contributed by atoms with van der Waals surface area (Å²) in [5, 5.41) is 2.68. The van der Waals surface area contributed by atoms with Gasteiger partial charge in [-0.2, -0.15) is 0 Å². The quantitative estimate of drug-likeness (QED) is 0.754. The molecule has 1 aromatic heterocycles. The molecule has 0 fully saturated rings. The maximum atomic E-state index is 12.0. The first-order valence-electron chi connectivity index (χ1n) is 5.18. The van der Waals surface area contributed by atoms with Gasteiger partial charge in [0.25, 0.3) is 0 Å². The molecule has 0 aliphatic rings. The van der Waals surface area contributed by atoms with Crippen LogP contribution < -0.4 is 5.09 Å². The molecule has 7 heteroatoms. The summed E-state index contributed by atoms with van der Waals surface area (Å²) in [6.07, 6.45) is 3.41. The van der Waals surface area contributed by atoms with Crippen molar-refractivity contribution >= 4 is 41.1 Å². The first-order chi connectivity index (χ1) is 8.09. The van der Waals surface area contributed by atoms with Gasteiger partial charge >= 0.3 is 7.75 Å². The Morgan fingerprint density at radius 3 is 2.53 bits per heavy atom. The molecule has 96 valence electrons. The Morgan fingerprint density at radius 2 is 2.06 bits per heavy atom. The fraction of sp³-hybridized carbons (Fsp3) is 0.400. The minimum Gasteiger partial charge on any atom is -0.300 e. The smallest absolute Gasteiger partial charge is 0.300 e. The molecule has 0 radical (unpaired) electrons. The Morgan fingerprint density at radius 1 is 1.41 bits per heavy atom. The van der Waals surface area contributed by atoms with Crippen LogP contribution in [-0.4, -0.2) is 13.2 Å². The molecular formula is C10H15BrNO3PS. The standard InChI is InChI=1S/C10H15BrNO3PS/c1-3-14-16(13,15-4-2)12-8-7-9-5-6-10(11)17-9/h5-8H,3-4H2,1-2H3,(H,12,13). The second-order valence-corrected chi connectivity index (χ2v) is 7.20. The largest absolute Gasteiger partial charge is 0.432 e. The minimum atomic E-state index is -3.19. The van der Waals surface area contributed by atoms with Gasteiger partial charge in [-0.25, -0.2) is 4.57 Å². The second kappa shape index (κ2) is 7.34. The average Bonchev–Trinajstić information content (AvgIpc) is 2.65. The van der Waals surface area contributed by atoms with Crippen molar-refractivity contribution in [3.8, 4) is 0 Å². The first-order valence-corrected chi connectivity index (χ1v) is 8.33. The summed E-state index contributed by atoms with van der Waals surface area (Å²) < 4.78 is 23.2. The van der Waals surface area contributed by atoms with Crippen LogP contribution in [0.4, 0.5) is 0 Å². The van der Waals surface area contributed by atoms with E-state index in [2.05, 4.69) is 21.0 Å². The SMILES string of the molecule is CCOP(=O)(NC=Cc1ccc(Br)s1)OCC. The number of hydrogen-bond acceptors (Lipinski definition) is 4. The van der Waals surface area contributed by atoms with Gasteiger partial charge < -0.3 is 0 Å². The van der Waals surface area contributed by atoms with Gasteiger partial charge in [-0.05, 0) is 48.0 Å². The van der Waals surface area contributed by atoms with Crippen LogP contribution in [0.15, 0.2) is 22.1 Å². The van der Waals surface area contributed by atoms with Crippen LogP contribution >= 0.6 is 35.0 Å². The third-order valence-corrected chi connectivity index (χ3v) is 4.92. The van der Waals surface area contributed by atoms with Crippen LogP contribution in [0.1, 0.15) is 18.7 Å². The van der Waals surface area contributed by atoms with Crippen molar-refractivity contribution in [2.75, 3.05) is 13.2 Å². The predicted molar refractivity (Wildman–Crippen MR) is 75.0 cm³/mol. The lowest BCUT2D eigenvalue weighted by atomic mass is 10.5. The zero-order valence-electron chi connectivity index (χ0n) is 9.68. The molecule has 0 aromatic carbocycles. The van der Waals surface area contributed by atoms with E-state index in [1.165, 1.54) is 0 Å². The normalized spacial score (nSPS) is 12.2. The molecule has 0 bridgehead atoms. The summed E-state index contributed by atoms with van der Waals surface area (Å²) in [5.41, 5.74) is 0. The number of thiophene rings is 1. The summed E-state index contributed by atoms with van der Waals surface area (Å²) in [4.78, 5) is 1.05. The Labute approximate surface area is 114 Å². The van der Waals surface area contributed by atoms with Crippen LogP contribution in [0.2, 0.25) is 0 Å². The van der Waals surface area contributed by atoms with Gasteiger partial charge in [-0.15, -0.1) is 11.3 Å². The fourth-order valence-electron chi connectivity index (χ4n) is 1.08. The zero-order valence-corrected chi connectivity index (χ0v) is 13.0. The molecule has 4 nitrogen and oxygen atoms in total. The van der Waals surface area contributed by atoms with Crippen LogP contribution in [0, 0.1) is 0 Å². The Hall–Kier alpha value is -0.130.